The average Bonchev–Trinajstić information content (AvgIpc) is 2.36. The van der Waals surface area contributed by atoms with E-state index in [1.807, 2.05) is 19.1 Å². The Hall–Kier alpha value is -1.31. The molecule has 10 heavy (non-hydrogen) atoms. The van der Waals surface area contributed by atoms with Crippen LogP contribution in [0.1, 0.15) is 18.2 Å². The fourth-order valence-electron chi connectivity index (χ4n) is 0.768. The lowest BCUT2D eigenvalue weighted by Crippen LogP contribution is -1.73. The van der Waals surface area contributed by atoms with Gasteiger partial charge in [-0.2, -0.15) is 5.10 Å². The van der Waals surface area contributed by atoms with Crippen molar-refractivity contribution in [1.82, 2.24) is 10.2 Å². The molecular weight excluding hydrogens is 124 g/mol. The van der Waals surface area contributed by atoms with Gasteiger partial charge in [0, 0.05) is 5.56 Å². The van der Waals surface area contributed by atoms with Crippen molar-refractivity contribution in [3.8, 4) is 0 Å². The predicted molar refractivity (Wildman–Crippen MR) is 43.4 cm³/mol. The summed E-state index contributed by atoms with van der Waals surface area (Å²) in [6, 6.07) is 0. The summed E-state index contributed by atoms with van der Waals surface area (Å²) in [5.41, 5.74) is 2.05. The Morgan fingerprint density at radius 1 is 1.70 bits per heavy atom. The zero-order valence-corrected chi connectivity index (χ0v) is 5.96. The molecule has 0 unspecified atom stereocenters. The van der Waals surface area contributed by atoms with Gasteiger partial charge in [0.1, 0.15) is 0 Å². The van der Waals surface area contributed by atoms with E-state index in [9.17, 15) is 0 Å². The first-order chi connectivity index (χ1) is 4.88. The number of nitrogens with zero attached hydrogens (tertiary/aromatic N) is 1. The molecule has 0 amide bonds. The molecule has 0 saturated heterocycles. The Kier molecular flexibility index (Phi) is 2.05. The minimum Gasteiger partial charge on any atom is -0.278 e. The molecule has 0 aliphatic rings. The Morgan fingerprint density at radius 3 is 3.10 bits per heavy atom. The number of H-pyrrole nitrogens is 1. The standard InChI is InChI=1S/C8H10N2/c1-3-5-8-7(4-2)6-9-10-8/h3-6H,2H2,1H3,(H,9,10)/b5-3-. The summed E-state index contributed by atoms with van der Waals surface area (Å²) in [5, 5.41) is 6.71. The molecule has 0 aliphatic carbocycles. The van der Waals surface area contributed by atoms with Gasteiger partial charge >= 0.3 is 0 Å². The summed E-state index contributed by atoms with van der Waals surface area (Å²) < 4.78 is 0. The smallest absolute Gasteiger partial charge is 0.0646 e. The van der Waals surface area contributed by atoms with Gasteiger partial charge in [0.25, 0.3) is 0 Å². The van der Waals surface area contributed by atoms with Crippen molar-refractivity contribution in [2.75, 3.05) is 0 Å². The summed E-state index contributed by atoms with van der Waals surface area (Å²) in [6.45, 7) is 5.62. The molecule has 0 saturated carbocycles. The van der Waals surface area contributed by atoms with Crippen molar-refractivity contribution >= 4 is 12.2 Å². The highest BCUT2D eigenvalue weighted by atomic mass is 15.1. The van der Waals surface area contributed by atoms with Gasteiger partial charge < -0.3 is 0 Å². The number of nitrogens with one attached hydrogen (secondary N) is 1. The number of rotatable bonds is 2. The van der Waals surface area contributed by atoms with Gasteiger partial charge in [0.15, 0.2) is 0 Å². The third-order valence-corrected chi connectivity index (χ3v) is 1.25. The highest BCUT2D eigenvalue weighted by Gasteiger charge is 1.93. The summed E-state index contributed by atoms with van der Waals surface area (Å²) in [6.07, 6.45) is 7.45. The maximum atomic E-state index is 3.86. The lowest BCUT2D eigenvalue weighted by atomic mass is 10.2. The van der Waals surface area contributed by atoms with Gasteiger partial charge in [-0.3, -0.25) is 5.10 Å². The van der Waals surface area contributed by atoms with Crippen LogP contribution in [0.4, 0.5) is 0 Å². The van der Waals surface area contributed by atoms with Crippen LogP contribution < -0.4 is 0 Å². The molecule has 0 spiro atoms. The van der Waals surface area contributed by atoms with E-state index in [1.165, 1.54) is 0 Å². The first-order valence-electron chi connectivity index (χ1n) is 3.17. The Labute approximate surface area is 60.3 Å². The quantitative estimate of drug-likeness (QED) is 0.659. The van der Waals surface area contributed by atoms with E-state index in [0.29, 0.717) is 0 Å². The largest absolute Gasteiger partial charge is 0.278 e. The van der Waals surface area contributed by atoms with E-state index in [2.05, 4.69) is 16.8 Å². The topological polar surface area (TPSA) is 28.7 Å². The van der Waals surface area contributed by atoms with Gasteiger partial charge in [-0.15, -0.1) is 0 Å². The lowest BCUT2D eigenvalue weighted by molar-refractivity contribution is 1.08. The SMILES string of the molecule is C=Cc1cn[nH]c1/C=C\C. The highest BCUT2D eigenvalue weighted by Crippen LogP contribution is 2.06. The molecule has 52 valence electrons. The second-order valence-corrected chi connectivity index (χ2v) is 1.94. The maximum absolute atomic E-state index is 3.86. The minimum absolute atomic E-state index is 1.01. The summed E-state index contributed by atoms with van der Waals surface area (Å²) >= 11 is 0. The van der Waals surface area contributed by atoms with Crippen LogP contribution in [0.25, 0.3) is 12.2 Å². The van der Waals surface area contributed by atoms with E-state index in [-0.39, 0.29) is 0 Å². The molecule has 2 heteroatoms. The fourth-order valence-corrected chi connectivity index (χ4v) is 0.768. The maximum Gasteiger partial charge on any atom is 0.0646 e. The third-order valence-electron chi connectivity index (χ3n) is 1.25. The average molecular weight is 134 g/mol. The molecule has 2 nitrogen and oxygen atoms in total. The van der Waals surface area contributed by atoms with Crippen molar-refractivity contribution in [2.45, 2.75) is 6.92 Å². The van der Waals surface area contributed by atoms with Crippen LogP contribution in [-0.2, 0) is 0 Å². The second-order valence-electron chi connectivity index (χ2n) is 1.94. The van der Waals surface area contributed by atoms with Gasteiger partial charge in [-0.05, 0) is 13.0 Å². The Bertz CT molecular complexity index is 246. The zero-order chi connectivity index (χ0) is 7.40. The lowest BCUT2D eigenvalue weighted by Gasteiger charge is -1.85. The van der Waals surface area contributed by atoms with Crippen molar-refractivity contribution < 1.29 is 0 Å². The van der Waals surface area contributed by atoms with Crippen molar-refractivity contribution in [3.05, 3.63) is 30.1 Å². The van der Waals surface area contributed by atoms with Crippen LogP contribution >= 0.6 is 0 Å². The van der Waals surface area contributed by atoms with E-state index >= 15 is 0 Å². The summed E-state index contributed by atoms with van der Waals surface area (Å²) in [7, 11) is 0. The molecule has 1 N–H and O–H groups in total. The molecule has 0 bridgehead atoms. The van der Waals surface area contributed by atoms with E-state index in [4.69, 9.17) is 0 Å². The molecule has 1 aromatic heterocycles. The summed E-state index contributed by atoms with van der Waals surface area (Å²) in [5.74, 6) is 0. The molecule has 0 aromatic carbocycles. The van der Waals surface area contributed by atoms with Gasteiger partial charge in [-0.25, -0.2) is 0 Å². The third kappa shape index (κ3) is 1.16. The normalized spacial score (nSPS) is 10.5. The van der Waals surface area contributed by atoms with Gasteiger partial charge in [-0.1, -0.05) is 18.7 Å². The number of aromatic amines is 1. The molecule has 0 aliphatic heterocycles. The molecule has 1 rings (SSSR count). The summed E-state index contributed by atoms with van der Waals surface area (Å²) in [4.78, 5) is 0. The highest BCUT2D eigenvalue weighted by molar-refractivity contribution is 5.60. The Balaban J connectivity index is 3.00. The van der Waals surface area contributed by atoms with E-state index < -0.39 is 0 Å². The second kappa shape index (κ2) is 3.01. The van der Waals surface area contributed by atoms with Crippen LogP contribution in [0.15, 0.2) is 18.9 Å². The minimum atomic E-state index is 1.01. The molecule has 0 atom stereocenters. The first-order valence-corrected chi connectivity index (χ1v) is 3.17. The molecule has 1 heterocycles. The van der Waals surface area contributed by atoms with E-state index in [1.54, 1.807) is 12.3 Å². The number of hydrogen-bond donors (Lipinski definition) is 1. The zero-order valence-electron chi connectivity index (χ0n) is 5.96. The first kappa shape index (κ1) is 6.81. The van der Waals surface area contributed by atoms with Gasteiger partial charge in [0.2, 0.25) is 0 Å². The molecule has 1 aromatic rings. The van der Waals surface area contributed by atoms with Crippen molar-refractivity contribution in [3.63, 3.8) is 0 Å². The predicted octanol–water partition coefficient (Wildman–Crippen LogP) is 2.09. The fraction of sp³-hybridized carbons (Fsp3) is 0.125. The Morgan fingerprint density at radius 2 is 2.50 bits per heavy atom. The number of aromatic nitrogens is 2. The van der Waals surface area contributed by atoms with Gasteiger partial charge in [0.05, 0.1) is 11.9 Å². The van der Waals surface area contributed by atoms with Crippen LogP contribution in [-0.4, -0.2) is 10.2 Å². The van der Waals surface area contributed by atoms with Crippen LogP contribution in [0, 0.1) is 0 Å². The number of allylic oxidation sites excluding steroid dienone is 1. The van der Waals surface area contributed by atoms with Crippen LogP contribution in [0.5, 0.6) is 0 Å². The van der Waals surface area contributed by atoms with E-state index in [0.717, 1.165) is 11.3 Å². The molecule has 0 fully saturated rings. The molecular formula is C8H10N2. The molecule has 0 radical (unpaired) electrons. The van der Waals surface area contributed by atoms with Crippen molar-refractivity contribution in [1.29, 1.82) is 0 Å². The van der Waals surface area contributed by atoms with Crippen LogP contribution in [0.2, 0.25) is 0 Å². The monoisotopic (exact) mass is 134 g/mol. The number of hydrogen-bond acceptors (Lipinski definition) is 1. The van der Waals surface area contributed by atoms with Crippen molar-refractivity contribution in [2.24, 2.45) is 0 Å². The van der Waals surface area contributed by atoms with Crippen LogP contribution in [0.3, 0.4) is 0 Å².